The monoisotopic (exact) mass is 256 g/mol. The molecule has 0 fully saturated rings. The average Bonchev–Trinajstić information content (AvgIpc) is 2.74. The van der Waals surface area contributed by atoms with Gasteiger partial charge in [0.25, 0.3) is 0 Å². The van der Waals surface area contributed by atoms with E-state index in [0.717, 1.165) is 24.1 Å². The zero-order chi connectivity index (χ0) is 13.5. The molecule has 18 heavy (non-hydrogen) atoms. The smallest absolute Gasteiger partial charge is 0.334 e. The summed E-state index contributed by atoms with van der Waals surface area (Å²) in [6.45, 7) is 4.27. The maximum atomic E-state index is 10.8. The van der Waals surface area contributed by atoms with Gasteiger partial charge in [0.05, 0.1) is 0 Å². The summed E-state index contributed by atoms with van der Waals surface area (Å²) in [6.07, 6.45) is 2.56. The van der Waals surface area contributed by atoms with Crippen LogP contribution in [0.15, 0.2) is 10.8 Å². The summed E-state index contributed by atoms with van der Waals surface area (Å²) in [5, 5.41) is 25.3. The Morgan fingerprint density at radius 3 is 2.83 bits per heavy atom. The van der Waals surface area contributed by atoms with Crippen molar-refractivity contribution < 1.29 is 19.5 Å². The van der Waals surface area contributed by atoms with Gasteiger partial charge in [-0.15, -0.1) is 0 Å². The number of aromatic nitrogens is 1. The molecule has 6 nitrogen and oxygen atoms in total. The highest BCUT2D eigenvalue weighted by Gasteiger charge is 2.25. The normalized spacial score (nSPS) is 14.4. The van der Waals surface area contributed by atoms with E-state index >= 15 is 0 Å². The number of aliphatic hydroxyl groups is 1. The Kier molecular flexibility index (Phi) is 5.80. The molecular weight excluding hydrogens is 236 g/mol. The lowest BCUT2D eigenvalue weighted by molar-refractivity contribution is -0.148. The van der Waals surface area contributed by atoms with Crippen LogP contribution < -0.4 is 5.32 Å². The molecule has 0 aromatic carbocycles. The van der Waals surface area contributed by atoms with Gasteiger partial charge in [-0.25, -0.2) is 4.79 Å². The van der Waals surface area contributed by atoms with Crippen LogP contribution >= 0.6 is 0 Å². The van der Waals surface area contributed by atoms with Crippen LogP contribution in [0.5, 0.6) is 0 Å². The highest BCUT2D eigenvalue weighted by atomic mass is 16.5. The van der Waals surface area contributed by atoms with Crippen molar-refractivity contribution in [3.63, 3.8) is 0 Å². The topological polar surface area (TPSA) is 95.6 Å². The van der Waals surface area contributed by atoms with Gasteiger partial charge in [-0.05, 0) is 13.3 Å². The molecule has 0 amide bonds. The van der Waals surface area contributed by atoms with Gasteiger partial charge >= 0.3 is 5.97 Å². The van der Waals surface area contributed by atoms with E-state index in [-0.39, 0.29) is 0 Å². The van der Waals surface area contributed by atoms with Crippen LogP contribution in [0.25, 0.3) is 0 Å². The van der Waals surface area contributed by atoms with E-state index < -0.39 is 18.1 Å². The number of nitrogens with one attached hydrogen (secondary N) is 1. The Labute approximate surface area is 106 Å². The molecule has 1 rings (SSSR count). The molecule has 0 saturated heterocycles. The first-order valence-corrected chi connectivity index (χ1v) is 6.10. The fourth-order valence-corrected chi connectivity index (χ4v) is 1.68. The predicted molar refractivity (Wildman–Crippen MR) is 65.0 cm³/mol. The van der Waals surface area contributed by atoms with E-state index in [9.17, 15) is 9.90 Å². The van der Waals surface area contributed by atoms with Crippen LogP contribution in [0.3, 0.4) is 0 Å². The number of hydrogen-bond donors (Lipinski definition) is 3. The highest BCUT2D eigenvalue weighted by molar-refractivity contribution is 5.72. The standard InChI is InChI=1S/C12H20N2O4/c1-3-4-5-9(11(15)12(16)17)13-6-10-8(2)7-18-14-10/h7,9,11,13,15H,3-6H2,1-2H3,(H,16,17). The van der Waals surface area contributed by atoms with Gasteiger partial charge < -0.3 is 20.1 Å². The van der Waals surface area contributed by atoms with Gasteiger partial charge in [-0.3, -0.25) is 0 Å². The van der Waals surface area contributed by atoms with Crippen molar-refractivity contribution in [2.24, 2.45) is 0 Å². The van der Waals surface area contributed by atoms with E-state index in [1.165, 1.54) is 6.26 Å². The largest absolute Gasteiger partial charge is 0.479 e. The van der Waals surface area contributed by atoms with Gasteiger partial charge in [-0.1, -0.05) is 24.9 Å². The van der Waals surface area contributed by atoms with Crippen LogP contribution in [-0.2, 0) is 11.3 Å². The lowest BCUT2D eigenvalue weighted by Crippen LogP contribution is -2.44. The van der Waals surface area contributed by atoms with Crippen molar-refractivity contribution >= 4 is 5.97 Å². The zero-order valence-corrected chi connectivity index (χ0v) is 10.7. The molecule has 0 saturated carbocycles. The zero-order valence-electron chi connectivity index (χ0n) is 10.7. The lowest BCUT2D eigenvalue weighted by Gasteiger charge is -2.20. The van der Waals surface area contributed by atoms with Gasteiger partial charge in [-0.2, -0.15) is 0 Å². The first kappa shape index (κ1) is 14.7. The van der Waals surface area contributed by atoms with Crippen molar-refractivity contribution in [1.29, 1.82) is 0 Å². The van der Waals surface area contributed by atoms with Crippen LogP contribution in [-0.4, -0.2) is 33.5 Å². The molecule has 6 heteroatoms. The summed E-state index contributed by atoms with van der Waals surface area (Å²) in [5.74, 6) is -1.21. The summed E-state index contributed by atoms with van der Waals surface area (Å²) < 4.78 is 4.80. The number of unbranched alkanes of at least 4 members (excludes halogenated alkanes) is 1. The number of rotatable bonds is 8. The number of carboxylic acids is 1. The molecule has 0 spiro atoms. The predicted octanol–water partition coefficient (Wildman–Crippen LogP) is 1.08. The first-order chi connectivity index (χ1) is 8.56. The van der Waals surface area contributed by atoms with Crippen molar-refractivity contribution in [2.45, 2.75) is 51.8 Å². The van der Waals surface area contributed by atoms with E-state index in [2.05, 4.69) is 10.5 Å². The molecule has 0 aliphatic rings. The minimum absolute atomic E-state index is 0.390. The second kappa shape index (κ2) is 7.13. The third-order valence-electron chi connectivity index (χ3n) is 2.88. The Morgan fingerprint density at radius 2 is 2.33 bits per heavy atom. The third kappa shape index (κ3) is 4.12. The van der Waals surface area contributed by atoms with Crippen LogP contribution in [0.2, 0.25) is 0 Å². The van der Waals surface area contributed by atoms with Crippen LogP contribution in [0.4, 0.5) is 0 Å². The second-order valence-corrected chi connectivity index (χ2v) is 4.36. The number of carboxylic acid groups (broad SMARTS) is 1. The molecule has 1 aromatic rings. The van der Waals surface area contributed by atoms with E-state index in [1.807, 2.05) is 13.8 Å². The molecule has 1 heterocycles. The molecule has 0 radical (unpaired) electrons. The Morgan fingerprint density at radius 1 is 1.61 bits per heavy atom. The average molecular weight is 256 g/mol. The maximum absolute atomic E-state index is 10.8. The molecule has 3 N–H and O–H groups in total. The summed E-state index contributed by atoms with van der Waals surface area (Å²) >= 11 is 0. The maximum Gasteiger partial charge on any atom is 0.334 e. The summed E-state index contributed by atoms with van der Waals surface area (Å²) in [7, 11) is 0. The summed E-state index contributed by atoms with van der Waals surface area (Å²) in [6, 6.07) is -0.474. The molecule has 2 unspecified atom stereocenters. The molecule has 0 aliphatic heterocycles. The Bertz CT molecular complexity index is 378. The van der Waals surface area contributed by atoms with Gasteiger partial charge in [0, 0.05) is 18.2 Å². The molecule has 0 aliphatic carbocycles. The van der Waals surface area contributed by atoms with E-state index in [4.69, 9.17) is 9.63 Å². The van der Waals surface area contributed by atoms with E-state index in [1.54, 1.807) is 0 Å². The lowest BCUT2D eigenvalue weighted by atomic mass is 10.0. The SMILES string of the molecule is CCCCC(NCc1nocc1C)C(O)C(=O)O. The summed E-state index contributed by atoms with van der Waals surface area (Å²) in [5.41, 5.74) is 1.63. The number of aryl methyl sites for hydroxylation is 1. The van der Waals surface area contributed by atoms with Crippen molar-refractivity contribution in [1.82, 2.24) is 10.5 Å². The molecule has 1 aromatic heterocycles. The molecular formula is C12H20N2O4. The minimum Gasteiger partial charge on any atom is -0.479 e. The molecule has 102 valence electrons. The first-order valence-electron chi connectivity index (χ1n) is 6.10. The molecule has 2 atom stereocenters. The van der Waals surface area contributed by atoms with Gasteiger partial charge in [0.2, 0.25) is 0 Å². The molecule has 0 bridgehead atoms. The van der Waals surface area contributed by atoms with Gasteiger partial charge in [0.1, 0.15) is 12.0 Å². The fourth-order valence-electron chi connectivity index (χ4n) is 1.68. The van der Waals surface area contributed by atoms with E-state index in [0.29, 0.717) is 13.0 Å². The highest BCUT2D eigenvalue weighted by Crippen LogP contribution is 2.09. The van der Waals surface area contributed by atoms with Crippen molar-refractivity contribution in [3.8, 4) is 0 Å². The van der Waals surface area contributed by atoms with Crippen LogP contribution in [0, 0.1) is 6.92 Å². The quantitative estimate of drug-likeness (QED) is 0.644. The third-order valence-corrected chi connectivity index (χ3v) is 2.88. The number of carbonyl (C=O) groups is 1. The van der Waals surface area contributed by atoms with Crippen LogP contribution in [0.1, 0.15) is 37.4 Å². The fraction of sp³-hybridized carbons (Fsp3) is 0.667. The number of aliphatic hydroxyl groups excluding tert-OH is 1. The number of hydrogen-bond acceptors (Lipinski definition) is 5. The number of aliphatic carboxylic acids is 1. The second-order valence-electron chi connectivity index (χ2n) is 4.36. The van der Waals surface area contributed by atoms with Gasteiger partial charge in [0.15, 0.2) is 6.10 Å². The summed E-state index contributed by atoms with van der Waals surface area (Å²) in [4.78, 5) is 10.8. The van der Waals surface area contributed by atoms with Crippen molar-refractivity contribution in [3.05, 3.63) is 17.5 Å². The Hall–Kier alpha value is -1.40. The van der Waals surface area contributed by atoms with Crippen molar-refractivity contribution in [2.75, 3.05) is 0 Å². The Balaban J connectivity index is 2.55. The number of nitrogens with zero attached hydrogens (tertiary/aromatic N) is 1. The minimum atomic E-state index is -1.40.